The molecule has 0 aromatic carbocycles. The summed E-state index contributed by atoms with van der Waals surface area (Å²) in [6, 6.07) is 0. The second-order valence-electron chi connectivity index (χ2n) is 6.44. The Labute approximate surface area is 130 Å². The predicted octanol–water partition coefficient (Wildman–Crippen LogP) is 2.01. The third-order valence-corrected chi connectivity index (χ3v) is 4.68. The maximum absolute atomic E-state index is 9.93. The molecule has 0 radical (unpaired) electrons. The molecule has 1 aliphatic rings. The summed E-state index contributed by atoms with van der Waals surface area (Å²) in [5.74, 6) is 2.31. The zero-order valence-electron chi connectivity index (χ0n) is 13.5. The van der Waals surface area contributed by atoms with Crippen molar-refractivity contribution < 1.29 is 9.52 Å². The number of rotatable bonds is 4. The van der Waals surface area contributed by atoms with Crippen molar-refractivity contribution in [2.45, 2.75) is 45.8 Å². The molecule has 3 N–H and O–H groups in total. The number of aromatic nitrogens is 2. The van der Waals surface area contributed by atoms with Gasteiger partial charge in [0.25, 0.3) is 0 Å². The van der Waals surface area contributed by atoms with Crippen LogP contribution in [0.5, 0.6) is 0 Å². The van der Waals surface area contributed by atoms with Gasteiger partial charge in [0.1, 0.15) is 17.4 Å². The molecule has 2 unspecified atom stereocenters. The lowest BCUT2D eigenvalue weighted by Crippen LogP contribution is -2.30. The fraction of sp³-hybridized carbons (Fsp3) is 0.625. The molecule has 0 aliphatic heterocycles. The molecule has 1 aliphatic carbocycles. The van der Waals surface area contributed by atoms with Crippen molar-refractivity contribution in [3.63, 3.8) is 0 Å². The zero-order valence-corrected chi connectivity index (χ0v) is 13.5. The highest BCUT2D eigenvalue weighted by molar-refractivity contribution is 5.88. The second kappa shape index (κ2) is 5.85. The topological polar surface area (TPSA) is 88.4 Å². The van der Waals surface area contributed by atoms with Gasteiger partial charge in [-0.15, -0.1) is 0 Å². The maximum Gasteiger partial charge on any atom is 0.231 e. The third kappa shape index (κ3) is 2.80. The molecule has 120 valence electrons. The Morgan fingerprint density at radius 1 is 1.32 bits per heavy atom. The summed E-state index contributed by atoms with van der Waals surface area (Å²) in [5.41, 5.74) is 7.63. The van der Waals surface area contributed by atoms with Crippen molar-refractivity contribution in [1.82, 2.24) is 14.9 Å². The number of aliphatic hydroxyl groups excluding tert-OH is 1. The Morgan fingerprint density at radius 3 is 2.77 bits per heavy atom. The van der Waals surface area contributed by atoms with E-state index in [9.17, 15) is 5.11 Å². The highest BCUT2D eigenvalue weighted by Gasteiger charge is 2.26. The monoisotopic (exact) mass is 304 g/mol. The summed E-state index contributed by atoms with van der Waals surface area (Å²) in [7, 11) is 2.02. The molecule has 0 bridgehead atoms. The summed E-state index contributed by atoms with van der Waals surface area (Å²) >= 11 is 0. The smallest absolute Gasteiger partial charge is 0.231 e. The van der Waals surface area contributed by atoms with Crippen molar-refractivity contribution in [3.8, 4) is 0 Å². The van der Waals surface area contributed by atoms with E-state index < -0.39 is 0 Å². The Balaban J connectivity index is 1.76. The van der Waals surface area contributed by atoms with Crippen LogP contribution in [0.15, 0.2) is 4.42 Å². The van der Waals surface area contributed by atoms with Gasteiger partial charge in [0.15, 0.2) is 0 Å². The van der Waals surface area contributed by atoms with Gasteiger partial charge in [-0.1, -0.05) is 6.42 Å². The first kappa shape index (κ1) is 15.2. The fourth-order valence-corrected chi connectivity index (χ4v) is 3.33. The van der Waals surface area contributed by atoms with Gasteiger partial charge in [-0.05, 0) is 39.7 Å². The largest absolute Gasteiger partial charge is 0.443 e. The summed E-state index contributed by atoms with van der Waals surface area (Å²) < 4.78 is 5.66. The molecule has 3 rings (SSSR count). The number of furan rings is 1. The molecule has 22 heavy (non-hydrogen) atoms. The first-order valence-corrected chi connectivity index (χ1v) is 7.84. The number of aryl methyl sites for hydroxylation is 2. The van der Waals surface area contributed by atoms with Gasteiger partial charge in [-0.3, -0.25) is 4.90 Å². The average molecular weight is 304 g/mol. The summed E-state index contributed by atoms with van der Waals surface area (Å²) in [5, 5.41) is 10.7. The zero-order chi connectivity index (χ0) is 15.9. The number of nitrogens with zero attached hydrogens (tertiary/aromatic N) is 3. The van der Waals surface area contributed by atoms with Crippen LogP contribution in [-0.2, 0) is 6.54 Å². The molecule has 1 fully saturated rings. The standard InChI is InChI=1S/C16H24N4O2/c1-9-10(2)22-16-14(9)15(17)18-13(19-16)8-20(3)7-11-5-4-6-12(11)21/h11-12,21H,4-8H2,1-3H3,(H2,17,18,19). The molecule has 2 aromatic rings. The highest BCUT2D eigenvalue weighted by Crippen LogP contribution is 2.28. The lowest BCUT2D eigenvalue weighted by Gasteiger charge is -2.22. The number of hydrogen-bond donors (Lipinski definition) is 2. The summed E-state index contributed by atoms with van der Waals surface area (Å²) in [6.45, 7) is 5.32. The van der Waals surface area contributed by atoms with Gasteiger partial charge in [0.05, 0.1) is 18.0 Å². The number of nitrogen functional groups attached to an aromatic ring is 1. The lowest BCUT2D eigenvalue weighted by atomic mass is 10.1. The van der Waals surface area contributed by atoms with Crippen molar-refractivity contribution in [2.24, 2.45) is 5.92 Å². The Bertz CT molecular complexity index is 682. The van der Waals surface area contributed by atoms with E-state index in [0.717, 1.165) is 42.5 Å². The number of nitrogens with two attached hydrogens (primary N) is 1. The molecule has 1 saturated carbocycles. The number of fused-ring (bicyclic) bond motifs is 1. The molecular formula is C16H24N4O2. The number of anilines is 1. The summed E-state index contributed by atoms with van der Waals surface area (Å²) in [4.78, 5) is 11.0. The van der Waals surface area contributed by atoms with Crippen LogP contribution in [0.25, 0.3) is 11.1 Å². The Hall–Kier alpha value is -1.66. The van der Waals surface area contributed by atoms with Crippen molar-refractivity contribution in [1.29, 1.82) is 0 Å². The minimum atomic E-state index is -0.175. The third-order valence-electron chi connectivity index (χ3n) is 4.68. The second-order valence-corrected chi connectivity index (χ2v) is 6.44. The van der Waals surface area contributed by atoms with Crippen molar-refractivity contribution in [3.05, 3.63) is 17.1 Å². The van der Waals surface area contributed by atoms with Crippen LogP contribution >= 0.6 is 0 Å². The molecule has 0 spiro atoms. The van der Waals surface area contributed by atoms with Crippen LogP contribution in [0.1, 0.15) is 36.4 Å². The molecule has 6 nitrogen and oxygen atoms in total. The van der Waals surface area contributed by atoms with Crippen LogP contribution < -0.4 is 5.73 Å². The van der Waals surface area contributed by atoms with E-state index in [-0.39, 0.29) is 6.10 Å². The van der Waals surface area contributed by atoms with Gasteiger partial charge in [0, 0.05) is 12.1 Å². The van der Waals surface area contributed by atoms with Gasteiger partial charge < -0.3 is 15.3 Å². The molecular weight excluding hydrogens is 280 g/mol. The molecule has 2 aromatic heterocycles. The number of aliphatic hydroxyl groups is 1. The van der Waals surface area contributed by atoms with E-state index >= 15 is 0 Å². The molecule has 6 heteroatoms. The highest BCUT2D eigenvalue weighted by atomic mass is 16.3. The van der Waals surface area contributed by atoms with Gasteiger partial charge in [-0.2, -0.15) is 4.98 Å². The normalized spacial score (nSPS) is 22.0. The van der Waals surface area contributed by atoms with E-state index in [4.69, 9.17) is 10.2 Å². The maximum atomic E-state index is 9.93. The van der Waals surface area contributed by atoms with Crippen LogP contribution in [-0.4, -0.2) is 39.7 Å². The van der Waals surface area contributed by atoms with Gasteiger partial charge in [-0.25, -0.2) is 4.98 Å². The summed E-state index contributed by atoms with van der Waals surface area (Å²) in [6.07, 6.45) is 2.94. The van der Waals surface area contributed by atoms with E-state index in [1.165, 1.54) is 0 Å². The SMILES string of the molecule is Cc1oc2nc(CN(C)CC3CCCC3O)nc(N)c2c1C. The van der Waals surface area contributed by atoms with E-state index in [1.807, 2.05) is 20.9 Å². The van der Waals surface area contributed by atoms with E-state index in [1.54, 1.807) is 0 Å². The molecule has 0 amide bonds. The predicted molar refractivity (Wildman–Crippen MR) is 85.4 cm³/mol. The van der Waals surface area contributed by atoms with Gasteiger partial charge >= 0.3 is 0 Å². The Kier molecular flexibility index (Phi) is 4.06. The minimum absolute atomic E-state index is 0.175. The van der Waals surface area contributed by atoms with Crippen LogP contribution in [0.3, 0.4) is 0 Å². The van der Waals surface area contributed by atoms with Crippen molar-refractivity contribution >= 4 is 16.9 Å². The van der Waals surface area contributed by atoms with Crippen LogP contribution in [0.2, 0.25) is 0 Å². The average Bonchev–Trinajstić information content (AvgIpc) is 2.95. The molecule has 2 atom stereocenters. The van der Waals surface area contributed by atoms with E-state index in [0.29, 0.717) is 29.8 Å². The number of hydrogen-bond acceptors (Lipinski definition) is 6. The lowest BCUT2D eigenvalue weighted by molar-refractivity contribution is 0.107. The van der Waals surface area contributed by atoms with Crippen LogP contribution in [0.4, 0.5) is 5.82 Å². The van der Waals surface area contributed by atoms with Crippen molar-refractivity contribution in [2.75, 3.05) is 19.3 Å². The Morgan fingerprint density at radius 2 is 2.09 bits per heavy atom. The minimum Gasteiger partial charge on any atom is -0.443 e. The molecule has 2 heterocycles. The fourth-order valence-electron chi connectivity index (χ4n) is 3.33. The molecule has 0 saturated heterocycles. The first-order valence-electron chi connectivity index (χ1n) is 7.84. The van der Waals surface area contributed by atoms with E-state index in [2.05, 4.69) is 14.9 Å². The quantitative estimate of drug-likeness (QED) is 0.898. The van der Waals surface area contributed by atoms with Crippen LogP contribution in [0, 0.1) is 19.8 Å². The first-order chi connectivity index (χ1) is 10.5. The van der Waals surface area contributed by atoms with Gasteiger partial charge in [0.2, 0.25) is 5.71 Å².